The van der Waals surface area contributed by atoms with Gasteiger partial charge in [0.25, 0.3) is 0 Å². The molecule has 1 heterocycles. The molecule has 2 nitrogen and oxygen atoms in total. The maximum atomic E-state index is 5.20. The summed E-state index contributed by atoms with van der Waals surface area (Å²) in [5.74, 6) is 0.688. The van der Waals surface area contributed by atoms with Crippen molar-refractivity contribution in [1.29, 1.82) is 0 Å². The van der Waals surface area contributed by atoms with E-state index >= 15 is 0 Å². The van der Waals surface area contributed by atoms with Crippen molar-refractivity contribution >= 4 is 22.7 Å². The maximum absolute atomic E-state index is 5.20. The van der Waals surface area contributed by atoms with Gasteiger partial charge in [0.05, 0.1) is 17.7 Å². The van der Waals surface area contributed by atoms with Crippen molar-refractivity contribution in [3.05, 3.63) is 0 Å². The molecule has 4 heteroatoms. The highest BCUT2D eigenvalue weighted by molar-refractivity contribution is 8.66. The Kier molecular flexibility index (Phi) is 4.61. The van der Waals surface area contributed by atoms with Gasteiger partial charge in [0.15, 0.2) is 0 Å². The molecule has 1 fully saturated rings. The van der Waals surface area contributed by atoms with Crippen molar-refractivity contribution in [3.63, 3.8) is 0 Å². The van der Waals surface area contributed by atoms with Crippen LogP contribution in [0.25, 0.3) is 0 Å². The summed E-state index contributed by atoms with van der Waals surface area (Å²) < 4.78 is 10.3. The lowest BCUT2D eigenvalue weighted by atomic mass is 10.0. The monoisotopic (exact) mass is 180 g/mol. The summed E-state index contributed by atoms with van der Waals surface area (Å²) >= 11 is 5.03. The quantitative estimate of drug-likeness (QED) is 0.407. The molecule has 0 spiro atoms. The molecule has 60 valence electrons. The third-order valence-corrected chi connectivity index (χ3v) is 2.26. The van der Waals surface area contributed by atoms with Gasteiger partial charge < -0.3 is 8.92 Å². The molecule has 0 aliphatic carbocycles. The van der Waals surface area contributed by atoms with Gasteiger partial charge in [-0.1, -0.05) is 11.7 Å². The summed E-state index contributed by atoms with van der Waals surface area (Å²) in [5.41, 5.74) is 0. The van der Waals surface area contributed by atoms with Crippen LogP contribution in [0, 0.1) is 5.92 Å². The second-order valence-electron chi connectivity index (χ2n) is 2.41. The predicted octanol–water partition coefficient (Wildman–Crippen LogP) is 1.92. The van der Waals surface area contributed by atoms with Crippen LogP contribution in [0.2, 0.25) is 0 Å². The van der Waals surface area contributed by atoms with Crippen molar-refractivity contribution in [2.75, 3.05) is 19.8 Å². The maximum Gasteiger partial charge on any atom is 0.0653 e. The van der Waals surface area contributed by atoms with Crippen LogP contribution in [0.3, 0.4) is 0 Å². The number of thiol groups is 1. The lowest BCUT2D eigenvalue weighted by molar-refractivity contribution is 0.0531. The largest absolute Gasteiger partial charge is 0.381 e. The molecular weight excluding hydrogens is 168 g/mol. The van der Waals surface area contributed by atoms with E-state index in [9.17, 15) is 0 Å². The molecular formula is C6H12O2S2. The summed E-state index contributed by atoms with van der Waals surface area (Å²) in [5, 5.41) is 0. The lowest BCUT2D eigenvalue weighted by Gasteiger charge is -2.20. The van der Waals surface area contributed by atoms with Crippen LogP contribution in [0.4, 0.5) is 0 Å². The minimum Gasteiger partial charge on any atom is -0.381 e. The standard InChI is InChI=1S/C6H12O2S2/c9-10-8-5-6-1-3-7-4-2-6/h6,9H,1-5H2. The molecule has 0 unspecified atom stereocenters. The zero-order valence-electron chi connectivity index (χ0n) is 5.78. The van der Waals surface area contributed by atoms with E-state index in [4.69, 9.17) is 8.92 Å². The van der Waals surface area contributed by atoms with Gasteiger partial charge >= 0.3 is 0 Å². The normalized spacial score (nSPS) is 21.3. The zero-order valence-corrected chi connectivity index (χ0v) is 7.50. The average molecular weight is 180 g/mol. The van der Waals surface area contributed by atoms with Crippen molar-refractivity contribution in [1.82, 2.24) is 0 Å². The molecule has 0 atom stereocenters. The fourth-order valence-corrected chi connectivity index (χ4v) is 1.48. The topological polar surface area (TPSA) is 18.5 Å². The first kappa shape index (κ1) is 8.71. The van der Waals surface area contributed by atoms with Crippen LogP contribution in [0.1, 0.15) is 12.8 Å². The Labute approximate surface area is 70.7 Å². The molecule has 10 heavy (non-hydrogen) atoms. The Morgan fingerprint density at radius 2 is 2.20 bits per heavy atom. The predicted molar refractivity (Wildman–Crippen MR) is 46.1 cm³/mol. The van der Waals surface area contributed by atoms with Gasteiger partial charge in [0.2, 0.25) is 0 Å². The Bertz CT molecular complexity index is 83.8. The number of hydrogen-bond acceptors (Lipinski definition) is 4. The van der Waals surface area contributed by atoms with E-state index in [2.05, 4.69) is 11.7 Å². The van der Waals surface area contributed by atoms with Gasteiger partial charge in [0.1, 0.15) is 0 Å². The first-order valence-electron chi connectivity index (χ1n) is 3.44. The number of ether oxygens (including phenoxy) is 1. The first-order valence-corrected chi connectivity index (χ1v) is 5.23. The van der Waals surface area contributed by atoms with E-state index in [-0.39, 0.29) is 0 Å². The minimum atomic E-state index is 0.688. The van der Waals surface area contributed by atoms with Gasteiger partial charge in [-0.2, -0.15) is 0 Å². The van der Waals surface area contributed by atoms with E-state index in [0.717, 1.165) is 43.7 Å². The zero-order chi connectivity index (χ0) is 7.23. The molecule has 1 aliphatic heterocycles. The fraction of sp³-hybridized carbons (Fsp3) is 1.00. The van der Waals surface area contributed by atoms with Crippen LogP contribution in [0.15, 0.2) is 0 Å². The molecule has 0 aromatic carbocycles. The van der Waals surface area contributed by atoms with Crippen molar-refractivity contribution in [3.8, 4) is 0 Å². The number of rotatable bonds is 3. The van der Waals surface area contributed by atoms with E-state index in [1.165, 1.54) is 0 Å². The van der Waals surface area contributed by atoms with Crippen LogP contribution >= 0.6 is 22.7 Å². The van der Waals surface area contributed by atoms with Gasteiger partial charge in [-0.3, -0.25) is 0 Å². The molecule has 0 amide bonds. The van der Waals surface area contributed by atoms with Crippen molar-refractivity contribution < 1.29 is 8.92 Å². The van der Waals surface area contributed by atoms with E-state index in [1.54, 1.807) is 0 Å². The smallest absolute Gasteiger partial charge is 0.0653 e. The summed E-state index contributed by atoms with van der Waals surface area (Å²) in [6.45, 7) is 2.61. The van der Waals surface area contributed by atoms with Gasteiger partial charge in [-0.25, -0.2) is 0 Å². The molecule has 0 aromatic rings. The van der Waals surface area contributed by atoms with E-state index < -0.39 is 0 Å². The highest BCUT2D eigenvalue weighted by Gasteiger charge is 2.13. The Balaban J connectivity index is 2.02. The van der Waals surface area contributed by atoms with Crippen molar-refractivity contribution in [2.45, 2.75) is 12.8 Å². The molecule has 1 rings (SSSR count). The lowest BCUT2D eigenvalue weighted by Crippen LogP contribution is -2.18. The summed E-state index contributed by atoms with van der Waals surface area (Å²) in [4.78, 5) is 0. The van der Waals surface area contributed by atoms with Crippen LogP contribution in [-0.2, 0) is 8.92 Å². The SMILES string of the molecule is SSOCC1CCOCC1. The molecule has 1 aliphatic rings. The second-order valence-corrected chi connectivity index (χ2v) is 3.25. The van der Waals surface area contributed by atoms with Crippen LogP contribution < -0.4 is 0 Å². The molecule has 0 radical (unpaired) electrons. The summed E-state index contributed by atoms with van der Waals surface area (Å²) in [7, 11) is 0. The first-order chi connectivity index (χ1) is 4.93. The van der Waals surface area contributed by atoms with E-state index in [0.29, 0.717) is 5.92 Å². The Morgan fingerprint density at radius 1 is 1.50 bits per heavy atom. The summed E-state index contributed by atoms with van der Waals surface area (Å²) in [6.07, 6.45) is 2.27. The second kappa shape index (κ2) is 5.29. The summed E-state index contributed by atoms with van der Waals surface area (Å²) in [6, 6.07) is 0. The highest BCUT2D eigenvalue weighted by Crippen LogP contribution is 2.18. The number of hydrogen-bond donors (Lipinski definition) is 1. The highest BCUT2D eigenvalue weighted by atomic mass is 33.1. The van der Waals surface area contributed by atoms with Crippen molar-refractivity contribution in [2.24, 2.45) is 5.92 Å². The van der Waals surface area contributed by atoms with Gasteiger partial charge in [-0.05, 0) is 18.8 Å². The Hall–Kier alpha value is 0.620. The molecule has 1 saturated heterocycles. The minimum absolute atomic E-state index is 0.688. The fourth-order valence-electron chi connectivity index (χ4n) is 1.04. The Morgan fingerprint density at radius 3 is 2.80 bits per heavy atom. The van der Waals surface area contributed by atoms with Gasteiger partial charge in [0, 0.05) is 13.2 Å². The third kappa shape index (κ3) is 3.14. The van der Waals surface area contributed by atoms with Gasteiger partial charge in [-0.15, -0.1) is 0 Å². The van der Waals surface area contributed by atoms with Crippen LogP contribution in [-0.4, -0.2) is 19.8 Å². The van der Waals surface area contributed by atoms with Crippen LogP contribution in [0.5, 0.6) is 0 Å². The average Bonchev–Trinajstić information content (AvgIpc) is 2.03. The molecule has 0 bridgehead atoms. The van der Waals surface area contributed by atoms with E-state index in [1.807, 2.05) is 0 Å². The third-order valence-electron chi connectivity index (χ3n) is 1.70. The molecule has 0 N–H and O–H groups in total. The molecule has 0 aromatic heterocycles. The molecule has 0 saturated carbocycles.